The molecule has 0 unspecified atom stereocenters. The number of methoxy groups -OCH3 is 1. The molecule has 1 aromatic rings. The highest BCUT2D eigenvalue weighted by Crippen LogP contribution is 2.10. The van der Waals surface area contributed by atoms with E-state index in [0.29, 0.717) is 50.9 Å². The van der Waals surface area contributed by atoms with E-state index in [0.717, 1.165) is 0 Å². The van der Waals surface area contributed by atoms with Gasteiger partial charge in [-0.1, -0.05) is 0 Å². The second-order valence-electron chi connectivity index (χ2n) is 4.71. The predicted molar refractivity (Wildman–Crippen MR) is 85.8 cm³/mol. The Morgan fingerprint density at radius 3 is 2.62 bits per heavy atom. The smallest absolute Gasteiger partial charge is 0.328 e. The number of ether oxygens (including phenoxy) is 4. The van der Waals surface area contributed by atoms with Crippen molar-refractivity contribution in [3.8, 4) is 5.75 Å². The van der Waals surface area contributed by atoms with Gasteiger partial charge in [0.15, 0.2) is 0 Å². The first-order valence-electron chi connectivity index (χ1n) is 7.72. The summed E-state index contributed by atoms with van der Waals surface area (Å²) in [5.41, 5.74) is 0.639. The number of carbonyl (C=O) groups is 2. The van der Waals surface area contributed by atoms with Crippen LogP contribution in [0.3, 0.4) is 0 Å². The molecule has 1 atom stereocenters. The van der Waals surface area contributed by atoms with E-state index < -0.39 is 12.0 Å². The second kappa shape index (κ2) is 12.3. The van der Waals surface area contributed by atoms with Gasteiger partial charge in [-0.05, 0) is 19.1 Å². The topological polar surface area (TPSA) is 96.0 Å². The van der Waals surface area contributed by atoms with Gasteiger partial charge in [0.05, 0.1) is 33.1 Å². The van der Waals surface area contributed by atoms with Gasteiger partial charge < -0.3 is 24.3 Å². The molecule has 0 saturated heterocycles. The molecule has 134 valence electrons. The van der Waals surface area contributed by atoms with E-state index in [1.165, 1.54) is 7.11 Å². The third-order valence-corrected chi connectivity index (χ3v) is 3.04. The number of nitrogens with zero attached hydrogens (tertiary/aromatic N) is 1. The lowest BCUT2D eigenvalue weighted by molar-refractivity contribution is -0.144. The Morgan fingerprint density at radius 2 is 2.00 bits per heavy atom. The summed E-state index contributed by atoms with van der Waals surface area (Å²) in [6.07, 6.45) is 2.27. The summed E-state index contributed by atoms with van der Waals surface area (Å²) < 4.78 is 20.6. The lowest BCUT2D eigenvalue weighted by atomic mass is 10.1. The summed E-state index contributed by atoms with van der Waals surface area (Å²) in [6, 6.07) is 2.72. The van der Waals surface area contributed by atoms with Gasteiger partial charge in [-0.15, -0.1) is 0 Å². The fourth-order valence-corrected chi connectivity index (χ4v) is 1.84. The zero-order valence-electron chi connectivity index (χ0n) is 14.0. The Morgan fingerprint density at radius 1 is 1.25 bits per heavy atom. The highest BCUT2D eigenvalue weighted by molar-refractivity contribution is 5.78. The summed E-state index contributed by atoms with van der Waals surface area (Å²) in [6.45, 7) is 4.59. The third kappa shape index (κ3) is 7.89. The molecule has 1 rings (SSSR count). The standard InChI is InChI=1S/C16H24N2O6/c1-3-22-6-7-23-8-9-24-14-5-4-13(17-11-14)10-15(18-12-19)16(20)21-2/h4-5,11-12,15H,3,6-10H2,1-2H3,(H,18,19)/t15-/m0/s1. The maximum Gasteiger partial charge on any atom is 0.328 e. The number of pyridine rings is 1. The largest absolute Gasteiger partial charge is 0.490 e. The summed E-state index contributed by atoms with van der Waals surface area (Å²) in [5, 5.41) is 2.41. The van der Waals surface area contributed by atoms with Crippen LogP contribution < -0.4 is 10.1 Å². The monoisotopic (exact) mass is 340 g/mol. The van der Waals surface area contributed by atoms with Gasteiger partial charge in [0.1, 0.15) is 18.4 Å². The molecule has 0 spiro atoms. The number of hydrogen-bond donors (Lipinski definition) is 1. The molecular weight excluding hydrogens is 316 g/mol. The Bertz CT molecular complexity index is 480. The molecule has 1 aromatic heterocycles. The van der Waals surface area contributed by atoms with Crippen molar-refractivity contribution in [3.05, 3.63) is 24.0 Å². The van der Waals surface area contributed by atoms with E-state index in [1.54, 1.807) is 18.3 Å². The Labute approximate surface area is 141 Å². The molecule has 0 bridgehead atoms. The van der Waals surface area contributed by atoms with Gasteiger partial charge in [0, 0.05) is 18.7 Å². The fraction of sp³-hybridized carbons (Fsp3) is 0.562. The molecule has 0 aliphatic rings. The van der Waals surface area contributed by atoms with Crippen LogP contribution in [-0.2, 0) is 30.2 Å². The van der Waals surface area contributed by atoms with Gasteiger partial charge in [0.25, 0.3) is 0 Å². The van der Waals surface area contributed by atoms with Crippen LogP contribution in [0.25, 0.3) is 0 Å². The van der Waals surface area contributed by atoms with E-state index in [9.17, 15) is 9.59 Å². The normalized spacial score (nSPS) is 11.6. The minimum absolute atomic E-state index is 0.242. The van der Waals surface area contributed by atoms with E-state index in [1.807, 2.05) is 6.92 Å². The zero-order chi connectivity index (χ0) is 17.6. The van der Waals surface area contributed by atoms with Crippen molar-refractivity contribution in [3.63, 3.8) is 0 Å². The second-order valence-corrected chi connectivity index (χ2v) is 4.71. The summed E-state index contributed by atoms with van der Waals surface area (Å²) in [5.74, 6) is 0.0820. The molecule has 0 aromatic carbocycles. The molecule has 0 radical (unpaired) electrons. The zero-order valence-corrected chi connectivity index (χ0v) is 14.0. The summed E-state index contributed by atoms with van der Waals surface area (Å²) in [7, 11) is 1.27. The van der Waals surface area contributed by atoms with Crippen LogP contribution in [0.15, 0.2) is 18.3 Å². The highest BCUT2D eigenvalue weighted by Gasteiger charge is 2.19. The molecule has 0 aliphatic carbocycles. The van der Waals surface area contributed by atoms with Gasteiger partial charge in [-0.3, -0.25) is 9.78 Å². The van der Waals surface area contributed by atoms with Crippen LogP contribution >= 0.6 is 0 Å². The molecule has 24 heavy (non-hydrogen) atoms. The van der Waals surface area contributed by atoms with Gasteiger partial charge in [-0.2, -0.15) is 0 Å². The molecule has 8 nitrogen and oxygen atoms in total. The predicted octanol–water partition coefficient (Wildman–Crippen LogP) is 0.344. The SMILES string of the molecule is CCOCCOCCOc1ccc(C[C@H](NC=O)C(=O)OC)nc1. The summed E-state index contributed by atoms with van der Waals surface area (Å²) in [4.78, 5) is 26.3. The van der Waals surface area contributed by atoms with Crippen molar-refractivity contribution in [2.45, 2.75) is 19.4 Å². The Kier molecular flexibility index (Phi) is 10.1. The van der Waals surface area contributed by atoms with Crippen molar-refractivity contribution in [2.24, 2.45) is 0 Å². The fourth-order valence-electron chi connectivity index (χ4n) is 1.84. The molecule has 1 N–H and O–H groups in total. The molecular formula is C16H24N2O6. The third-order valence-electron chi connectivity index (χ3n) is 3.04. The van der Waals surface area contributed by atoms with Crippen LogP contribution in [0.5, 0.6) is 5.75 Å². The van der Waals surface area contributed by atoms with Gasteiger partial charge >= 0.3 is 5.97 Å². The molecule has 0 aliphatic heterocycles. The van der Waals surface area contributed by atoms with E-state index in [4.69, 9.17) is 14.2 Å². The van der Waals surface area contributed by atoms with E-state index >= 15 is 0 Å². The number of amides is 1. The van der Waals surface area contributed by atoms with Crippen LogP contribution in [0.4, 0.5) is 0 Å². The minimum Gasteiger partial charge on any atom is -0.490 e. The summed E-state index contributed by atoms with van der Waals surface area (Å²) >= 11 is 0. The first-order valence-corrected chi connectivity index (χ1v) is 7.72. The van der Waals surface area contributed by atoms with Crippen molar-refractivity contribution in [1.82, 2.24) is 10.3 Å². The number of aromatic nitrogens is 1. The van der Waals surface area contributed by atoms with Crippen LogP contribution in [0.1, 0.15) is 12.6 Å². The van der Waals surface area contributed by atoms with Crippen LogP contribution in [0, 0.1) is 0 Å². The number of esters is 1. The highest BCUT2D eigenvalue weighted by atomic mass is 16.5. The minimum atomic E-state index is -0.759. The number of hydrogen-bond acceptors (Lipinski definition) is 7. The molecule has 0 fully saturated rings. The Balaban J connectivity index is 2.34. The molecule has 8 heteroatoms. The van der Waals surface area contributed by atoms with Crippen LogP contribution in [0.2, 0.25) is 0 Å². The van der Waals surface area contributed by atoms with E-state index in [-0.39, 0.29) is 6.42 Å². The van der Waals surface area contributed by atoms with Crippen molar-refractivity contribution in [1.29, 1.82) is 0 Å². The van der Waals surface area contributed by atoms with Crippen molar-refractivity contribution in [2.75, 3.05) is 40.1 Å². The lowest BCUT2D eigenvalue weighted by Crippen LogP contribution is -2.38. The average molecular weight is 340 g/mol. The quantitative estimate of drug-likeness (QED) is 0.314. The molecule has 1 amide bonds. The first-order chi connectivity index (χ1) is 11.7. The Hall–Kier alpha value is -2.19. The average Bonchev–Trinajstić information content (AvgIpc) is 2.61. The molecule has 1 heterocycles. The maximum atomic E-state index is 11.5. The van der Waals surface area contributed by atoms with E-state index in [2.05, 4.69) is 15.0 Å². The van der Waals surface area contributed by atoms with Crippen molar-refractivity contribution >= 4 is 12.4 Å². The molecule has 0 saturated carbocycles. The van der Waals surface area contributed by atoms with Gasteiger partial charge in [0.2, 0.25) is 6.41 Å². The van der Waals surface area contributed by atoms with Crippen LogP contribution in [-0.4, -0.2) is 63.5 Å². The number of rotatable bonds is 13. The van der Waals surface area contributed by atoms with Crippen molar-refractivity contribution < 1.29 is 28.5 Å². The first kappa shape index (κ1) is 19.9. The number of nitrogens with one attached hydrogen (secondary N) is 1. The number of carbonyl (C=O) groups excluding carboxylic acids is 2. The maximum absolute atomic E-state index is 11.5. The van der Waals surface area contributed by atoms with Gasteiger partial charge in [-0.25, -0.2) is 4.79 Å². The lowest BCUT2D eigenvalue weighted by Gasteiger charge is -2.13.